The van der Waals surface area contributed by atoms with Crippen molar-refractivity contribution >= 4 is 28.8 Å². The van der Waals surface area contributed by atoms with Crippen LogP contribution in [-0.4, -0.2) is 23.5 Å². The number of methoxy groups -OCH3 is 1. The van der Waals surface area contributed by atoms with Crippen LogP contribution in [0.4, 0.5) is 5.69 Å². The number of nitrogens with one attached hydrogen (secondary N) is 1. The van der Waals surface area contributed by atoms with Crippen LogP contribution in [0.15, 0.2) is 47.9 Å². The first kappa shape index (κ1) is 22.4. The number of allylic oxidation sites excluding steroid dienone is 2. The third kappa shape index (κ3) is 4.14. The maximum atomic E-state index is 10.4. The third-order valence-corrected chi connectivity index (χ3v) is 6.31. The predicted molar refractivity (Wildman–Crippen MR) is 136 cm³/mol. The minimum Gasteiger partial charge on any atom is -0.504 e. The molecule has 0 aliphatic carbocycles. The first-order chi connectivity index (χ1) is 15.2. The van der Waals surface area contributed by atoms with Gasteiger partial charge in [0.2, 0.25) is 0 Å². The molecule has 0 saturated heterocycles. The monoisotopic (exact) mass is 449 g/mol. The molecule has 32 heavy (non-hydrogen) atoms. The third-order valence-electron chi connectivity index (χ3n) is 5.60. The number of phenolic OH excluding ortho intramolecular Hbond substituents is 1. The van der Waals surface area contributed by atoms with Crippen LogP contribution in [0.2, 0.25) is 0 Å². The molecule has 2 aliphatic heterocycles. The second kappa shape index (κ2) is 8.62. The van der Waals surface area contributed by atoms with Crippen molar-refractivity contribution in [2.75, 3.05) is 18.2 Å². The lowest BCUT2D eigenvalue weighted by Gasteiger charge is -2.35. The summed E-state index contributed by atoms with van der Waals surface area (Å²) >= 11 is 1.75. The minimum atomic E-state index is -0.129. The van der Waals surface area contributed by atoms with Gasteiger partial charge in [-0.05, 0) is 61.9 Å². The number of benzene rings is 2. The van der Waals surface area contributed by atoms with E-state index >= 15 is 0 Å². The summed E-state index contributed by atoms with van der Waals surface area (Å²) in [6, 6.07) is 7.63. The maximum absolute atomic E-state index is 10.4. The Morgan fingerprint density at radius 3 is 2.66 bits per heavy atom. The van der Waals surface area contributed by atoms with Crippen molar-refractivity contribution in [2.24, 2.45) is 5.92 Å². The summed E-state index contributed by atoms with van der Waals surface area (Å²) in [4.78, 5) is 0. The molecule has 2 heterocycles. The quantitative estimate of drug-likeness (QED) is 0.469. The van der Waals surface area contributed by atoms with Gasteiger partial charge in [0.25, 0.3) is 0 Å². The summed E-state index contributed by atoms with van der Waals surface area (Å²) in [5.74, 6) is 3.38. The molecule has 2 aromatic carbocycles. The van der Waals surface area contributed by atoms with Gasteiger partial charge in [-0.1, -0.05) is 32.1 Å². The van der Waals surface area contributed by atoms with Gasteiger partial charge in [-0.3, -0.25) is 0 Å². The van der Waals surface area contributed by atoms with Crippen molar-refractivity contribution in [2.45, 2.75) is 40.2 Å². The molecule has 168 valence electrons. The van der Waals surface area contributed by atoms with Gasteiger partial charge in [-0.15, -0.1) is 11.8 Å². The van der Waals surface area contributed by atoms with Crippen LogP contribution in [0.25, 0.3) is 22.5 Å². The summed E-state index contributed by atoms with van der Waals surface area (Å²) in [5.41, 5.74) is 6.10. The zero-order valence-electron chi connectivity index (χ0n) is 19.6. The lowest BCUT2D eigenvalue weighted by atomic mass is 9.83. The van der Waals surface area contributed by atoms with Crippen LogP contribution in [0.1, 0.15) is 45.7 Å². The average molecular weight is 450 g/mol. The number of aromatic hydroxyl groups is 1. The number of thioether (sulfide) groups is 1. The fourth-order valence-corrected chi connectivity index (χ4v) is 5.17. The van der Waals surface area contributed by atoms with E-state index in [0.717, 1.165) is 39.5 Å². The van der Waals surface area contributed by atoms with Crippen molar-refractivity contribution in [3.05, 3.63) is 59.0 Å². The van der Waals surface area contributed by atoms with Crippen molar-refractivity contribution < 1.29 is 14.6 Å². The largest absolute Gasteiger partial charge is 0.504 e. The molecule has 0 amide bonds. The minimum absolute atomic E-state index is 0.104. The molecule has 2 aromatic rings. The van der Waals surface area contributed by atoms with E-state index in [1.165, 1.54) is 5.57 Å². The average Bonchev–Trinajstić information content (AvgIpc) is 2.71. The van der Waals surface area contributed by atoms with Gasteiger partial charge < -0.3 is 19.9 Å². The highest BCUT2D eigenvalue weighted by Crippen LogP contribution is 2.53. The lowest BCUT2D eigenvalue weighted by Crippen LogP contribution is -2.32. The van der Waals surface area contributed by atoms with Gasteiger partial charge in [0.1, 0.15) is 11.5 Å². The van der Waals surface area contributed by atoms with Gasteiger partial charge in [0.05, 0.1) is 18.2 Å². The van der Waals surface area contributed by atoms with Gasteiger partial charge in [0, 0.05) is 28.1 Å². The first-order valence-electron chi connectivity index (χ1n) is 10.9. The van der Waals surface area contributed by atoms with Crippen LogP contribution >= 0.6 is 11.8 Å². The summed E-state index contributed by atoms with van der Waals surface area (Å²) in [6.07, 6.45) is 6.59. The maximum Gasteiger partial charge on any atom is 0.172 e. The Kier molecular flexibility index (Phi) is 6.04. The predicted octanol–water partition coefficient (Wildman–Crippen LogP) is 7.31. The normalized spacial score (nSPS) is 17.3. The molecule has 5 heteroatoms. The highest BCUT2D eigenvalue weighted by atomic mass is 32.2. The molecule has 2 N–H and O–H groups in total. The summed E-state index contributed by atoms with van der Waals surface area (Å²) in [6.45, 7) is 10.8. The second-order valence-corrected chi connectivity index (χ2v) is 10.1. The fraction of sp³-hybridized carbons (Fsp3) is 0.333. The molecule has 0 atom stereocenters. The number of rotatable bonds is 5. The number of hydrogen-bond donors (Lipinski definition) is 2. The van der Waals surface area contributed by atoms with Crippen molar-refractivity contribution in [3.8, 4) is 28.4 Å². The molecule has 0 fully saturated rings. The van der Waals surface area contributed by atoms with Crippen LogP contribution in [0, 0.1) is 5.92 Å². The standard InChI is InChI=1S/C27H31NO3S/c1-16(2)11-13-32-14-12-22-24-18(25-21(31-22)10-9-20(29)26(25)30-6)7-8-19-23(24)17(3)15-27(4,5)28-19/h7-13,15-16,28-29H,14H2,1-6H3/b13-11-,22-12-. The Hall–Kier alpha value is -2.79. The van der Waals surface area contributed by atoms with E-state index in [-0.39, 0.29) is 11.3 Å². The Morgan fingerprint density at radius 1 is 1.16 bits per heavy atom. The summed E-state index contributed by atoms with van der Waals surface area (Å²) in [7, 11) is 1.58. The Balaban J connectivity index is 1.89. The molecule has 0 spiro atoms. The molecule has 4 nitrogen and oxygen atoms in total. The zero-order chi connectivity index (χ0) is 23.0. The van der Waals surface area contributed by atoms with E-state index in [0.29, 0.717) is 17.4 Å². The summed E-state index contributed by atoms with van der Waals surface area (Å²) in [5, 5.41) is 16.2. The molecule has 0 saturated carbocycles. The highest BCUT2D eigenvalue weighted by Gasteiger charge is 2.33. The molecular weight excluding hydrogens is 418 g/mol. The topological polar surface area (TPSA) is 50.7 Å². The zero-order valence-corrected chi connectivity index (χ0v) is 20.4. The molecule has 0 radical (unpaired) electrons. The number of anilines is 1. The molecule has 0 unspecified atom stereocenters. The Labute approximate surface area is 195 Å². The first-order valence-corrected chi connectivity index (χ1v) is 12.0. The fourth-order valence-electron chi connectivity index (χ4n) is 4.38. The van der Waals surface area contributed by atoms with Gasteiger partial charge >= 0.3 is 0 Å². The van der Waals surface area contributed by atoms with Gasteiger partial charge in [-0.25, -0.2) is 0 Å². The van der Waals surface area contributed by atoms with E-state index in [9.17, 15) is 5.11 Å². The van der Waals surface area contributed by atoms with E-state index in [4.69, 9.17) is 9.47 Å². The SMILES string of the molecule is COc1c(O)ccc2c1-c1ccc3c(c1/C(=C/CS/C=C\C(C)C)O2)C(C)=CC(C)(C)N3. The van der Waals surface area contributed by atoms with Crippen molar-refractivity contribution in [3.63, 3.8) is 0 Å². The van der Waals surface area contributed by atoms with E-state index in [1.54, 1.807) is 31.0 Å². The lowest BCUT2D eigenvalue weighted by molar-refractivity contribution is 0.371. The van der Waals surface area contributed by atoms with E-state index in [1.807, 2.05) is 0 Å². The Morgan fingerprint density at radius 2 is 1.94 bits per heavy atom. The number of hydrogen-bond acceptors (Lipinski definition) is 5. The van der Waals surface area contributed by atoms with Gasteiger partial charge in [-0.2, -0.15) is 0 Å². The Bertz CT molecular complexity index is 1140. The van der Waals surface area contributed by atoms with Crippen LogP contribution < -0.4 is 14.8 Å². The van der Waals surface area contributed by atoms with Crippen molar-refractivity contribution in [1.82, 2.24) is 0 Å². The molecule has 0 bridgehead atoms. The number of fused-ring (bicyclic) bond motifs is 5. The van der Waals surface area contributed by atoms with Crippen LogP contribution in [0.3, 0.4) is 0 Å². The highest BCUT2D eigenvalue weighted by molar-refractivity contribution is 8.02. The molecule has 2 aliphatic rings. The molecule has 4 rings (SSSR count). The second-order valence-electron chi connectivity index (χ2n) is 9.15. The van der Waals surface area contributed by atoms with Crippen LogP contribution in [-0.2, 0) is 0 Å². The summed E-state index contributed by atoms with van der Waals surface area (Å²) < 4.78 is 12.0. The van der Waals surface area contributed by atoms with E-state index in [2.05, 4.69) is 75.7 Å². The van der Waals surface area contributed by atoms with E-state index < -0.39 is 0 Å². The van der Waals surface area contributed by atoms with Crippen molar-refractivity contribution in [1.29, 1.82) is 0 Å². The number of ether oxygens (including phenoxy) is 2. The smallest absolute Gasteiger partial charge is 0.172 e. The van der Waals surface area contributed by atoms with Gasteiger partial charge in [0.15, 0.2) is 11.5 Å². The molecular formula is C27H31NO3S. The molecule has 0 aromatic heterocycles. The van der Waals surface area contributed by atoms with Crippen LogP contribution in [0.5, 0.6) is 17.2 Å². The number of phenols is 1.